The van der Waals surface area contributed by atoms with E-state index in [0.717, 1.165) is 18.4 Å². The van der Waals surface area contributed by atoms with Crippen LogP contribution >= 0.6 is 0 Å². The normalized spacial score (nSPS) is 15.7. The molecule has 0 aliphatic carbocycles. The molecule has 0 N–H and O–H groups in total. The van der Waals surface area contributed by atoms with Gasteiger partial charge in [0.2, 0.25) is 5.88 Å². The molecule has 1 aliphatic heterocycles. The van der Waals surface area contributed by atoms with Crippen LogP contribution in [-0.4, -0.2) is 40.0 Å². The molecule has 1 amide bonds. The van der Waals surface area contributed by atoms with Crippen molar-refractivity contribution < 1.29 is 13.9 Å². The van der Waals surface area contributed by atoms with E-state index in [9.17, 15) is 4.79 Å². The third-order valence-electron chi connectivity index (χ3n) is 4.08. The molecule has 2 aromatic heterocycles. The number of piperidine rings is 1. The lowest BCUT2D eigenvalue weighted by Crippen LogP contribution is -2.42. The summed E-state index contributed by atoms with van der Waals surface area (Å²) in [6, 6.07) is 3.88. The Labute approximate surface area is 135 Å². The lowest BCUT2D eigenvalue weighted by atomic mass is 10.1. The Kier molecular flexibility index (Phi) is 4.32. The zero-order valence-electron chi connectivity index (χ0n) is 13.7. The highest BCUT2D eigenvalue weighted by atomic mass is 16.5. The van der Waals surface area contributed by atoms with Crippen LogP contribution in [0.3, 0.4) is 0 Å². The van der Waals surface area contributed by atoms with Gasteiger partial charge >= 0.3 is 0 Å². The van der Waals surface area contributed by atoms with Crippen molar-refractivity contribution in [2.45, 2.75) is 39.7 Å². The zero-order chi connectivity index (χ0) is 16.4. The number of aromatic nitrogens is 2. The minimum absolute atomic E-state index is 0.0631. The summed E-state index contributed by atoms with van der Waals surface area (Å²) in [5, 5.41) is 0. The average Bonchev–Trinajstić information content (AvgIpc) is 2.88. The summed E-state index contributed by atoms with van der Waals surface area (Å²) in [6.07, 6.45) is 3.40. The van der Waals surface area contributed by atoms with Crippen molar-refractivity contribution in [1.29, 1.82) is 0 Å². The van der Waals surface area contributed by atoms with Gasteiger partial charge in [-0.05, 0) is 19.9 Å². The van der Waals surface area contributed by atoms with E-state index in [2.05, 4.69) is 9.97 Å². The van der Waals surface area contributed by atoms with Crippen LogP contribution in [0.4, 0.5) is 0 Å². The maximum atomic E-state index is 12.5. The van der Waals surface area contributed by atoms with Gasteiger partial charge in [0.15, 0.2) is 11.6 Å². The van der Waals surface area contributed by atoms with E-state index in [1.807, 2.05) is 24.0 Å². The number of hydrogen-bond donors (Lipinski definition) is 0. The molecular weight excluding hydrogens is 294 g/mol. The highest BCUT2D eigenvalue weighted by molar-refractivity contribution is 5.93. The largest absolute Gasteiger partial charge is 0.474 e. The highest BCUT2D eigenvalue weighted by Crippen LogP contribution is 2.21. The number of hydrogen-bond acceptors (Lipinski definition) is 5. The van der Waals surface area contributed by atoms with Crippen molar-refractivity contribution >= 4 is 5.91 Å². The summed E-state index contributed by atoms with van der Waals surface area (Å²) in [7, 11) is 0. The molecule has 1 saturated heterocycles. The van der Waals surface area contributed by atoms with Gasteiger partial charge in [-0.2, -0.15) is 0 Å². The first kappa shape index (κ1) is 15.5. The molecule has 1 fully saturated rings. The van der Waals surface area contributed by atoms with Gasteiger partial charge in [-0.25, -0.2) is 9.97 Å². The highest BCUT2D eigenvalue weighted by Gasteiger charge is 2.28. The topological polar surface area (TPSA) is 68.5 Å². The summed E-state index contributed by atoms with van der Waals surface area (Å²) in [5.41, 5.74) is 1.45. The number of oxazole rings is 1. The average molecular weight is 315 g/mol. The van der Waals surface area contributed by atoms with E-state index in [1.165, 1.54) is 0 Å². The van der Waals surface area contributed by atoms with Crippen LogP contribution in [0.15, 0.2) is 22.7 Å². The molecule has 6 nitrogen and oxygen atoms in total. The second-order valence-corrected chi connectivity index (χ2v) is 5.87. The van der Waals surface area contributed by atoms with Gasteiger partial charge in [-0.3, -0.25) is 4.79 Å². The van der Waals surface area contributed by atoms with E-state index >= 15 is 0 Å². The Hall–Kier alpha value is -2.37. The van der Waals surface area contributed by atoms with E-state index in [1.54, 1.807) is 20.0 Å². The molecule has 2 aromatic rings. The summed E-state index contributed by atoms with van der Waals surface area (Å²) in [5.74, 6) is 1.72. The number of aryl methyl sites for hydroxylation is 3. The molecule has 0 radical (unpaired) electrons. The molecule has 0 aromatic carbocycles. The lowest BCUT2D eigenvalue weighted by Gasteiger charge is -2.31. The number of ether oxygens (including phenoxy) is 1. The number of amides is 1. The number of likely N-dealkylation sites (tertiary alicyclic amines) is 1. The molecule has 0 bridgehead atoms. The molecule has 122 valence electrons. The minimum Gasteiger partial charge on any atom is -0.474 e. The maximum Gasteiger partial charge on any atom is 0.276 e. The number of carbonyl (C=O) groups is 1. The van der Waals surface area contributed by atoms with Crippen LogP contribution in [-0.2, 0) is 0 Å². The Balaban J connectivity index is 1.59. The summed E-state index contributed by atoms with van der Waals surface area (Å²) >= 11 is 0. The van der Waals surface area contributed by atoms with Crippen LogP contribution in [0, 0.1) is 20.8 Å². The molecule has 23 heavy (non-hydrogen) atoms. The molecule has 0 spiro atoms. The number of rotatable bonds is 3. The Bertz CT molecular complexity index is 703. The van der Waals surface area contributed by atoms with Gasteiger partial charge in [-0.15, -0.1) is 0 Å². The van der Waals surface area contributed by atoms with Crippen LogP contribution in [0.1, 0.15) is 40.5 Å². The van der Waals surface area contributed by atoms with Crippen molar-refractivity contribution in [2.24, 2.45) is 0 Å². The van der Waals surface area contributed by atoms with Crippen molar-refractivity contribution in [3.63, 3.8) is 0 Å². The maximum absolute atomic E-state index is 12.5. The van der Waals surface area contributed by atoms with Crippen LogP contribution in [0.25, 0.3) is 0 Å². The van der Waals surface area contributed by atoms with Gasteiger partial charge in [0.05, 0.1) is 0 Å². The first-order valence-electron chi connectivity index (χ1n) is 7.86. The Morgan fingerprint density at radius 1 is 1.30 bits per heavy atom. The van der Waals surface area contributed by atoms with E-state index in [-0.39, 0.29) is 12.0 Å². The fourth-order valence-corrected chi connectivity index (χ4v) is 2.81. The standard InChI is InChI=1S/C17H21N3O3/c1-11-5-4-8-18-16(11)23-14-6-9-20(10-7-14)17(21)15-12(2)22-13(3)19-15/h4-5,8,14H,6-7,9-10H2,1-3H3. The second-order valence-electron chi connectivity index (χ2n) is 5.87. The van der Waals surface area contributed by atoms with E-state index in [4.69, 9.17) is 9.15 Å². The predicted molar refractivity (Wildman–Crippen MR) is 84.5 cm³/mol. The van der Waals surface area contributed by atoms with Crippen molar-refractivity contribution in [3.8, 4) is 5.88 Å². The smallest absolute Gasteiger partial charge is 0.276 e. The van der Waals surface area contributed by atoms with Crippen molar-refractivity contribution in [2.75, 3.05) is 13.1 Å². The monoisotopic (exact) mass is 315 g/mol. The second kappa shape index (κ2) is 6.40. The summed E-state index contributed by atoms with van der Waals surface area (Å²) in [6.45, 7) is 6.81. The van der Waals surface area contributed by atoms with E-state index in [0.29, 0.717) is 36.3 Å². The molecule has 0 saturated carbocycles. The van der Waals surface area contributed by atoms with E-state index < -0.39 is 0 Å². The predicted octanol–water partition coefficient (Wildman–Crippen LogP) is 2.68. The molecule has 3 heterocycles. The van der Waals surface area contributed by atoms with Gasteiger partial charge in [0, 0.05) is 44.6 Å². The number of carbonyl (C=O) groups excluding carboxylic acids is 1. The van der Waals surface area contributed by atoms with Crippen molar-refractivity contribution in [3.05, 3.63) is 41.2 Å². The number of pyridine rings is 1. The fourth-order valence-electron chi connectivity index (χ4n) is 2.81. The number of nitrogens with zero attached hydrogens (tertiary/aromatic N) is 3. The lowest BCUT2D eigenvalue weighted by molar-refractivity contribution is 0.0580. The van der Waals surface area contributed by atoms with Crippen molar-refractivity contribution in [1.82, 2.24) is 14.9 Å². The van der Waals surface area contributed by atoms with Gasteiger partial charge < -0.3 is 14.1 Å². The minimum atomic E-state index is -0.0631. The van der Waals surface area contributed by atoms with Gasteiger partial charge in [0.1, 0.15) is 11.9 Å². The third kappa shape index (κ3) is 3.36. The molecular formula is C17H21N3O3. The SMILES string of the molecule is Cc1nc(C(=O)N2CCC(Oc3ncccc3C)CC2)c(C)o1. The summed E-state index contributed by atoms with van der Waals surface area (Å²) in [4.78, 5) is 22.8. The molecule has 0 unspecified atom stereocenters. The molecule has 3 rings (SSSR count). The van der Waals surface area contributed by atoms with Crippen LogP contribution in [0.2, 0.25) is 0 Å². The molecule has 1 aliphatic rings. The first-order chi connectivity index (χ1) is 11.0. The first-order valence-corrected chi connectivity index (χ1v) is 7.86. The zero-order valence-corrected chi connectivity index (χ0v) is 13.7. The van der Waals surface area contributed by atoms with Crippen LogP contribution in [0.5, 0.6) is 5.88 Å². The summed E-state index contributed by atoms with van der Waals surface area (Å²) < 4.78 is 11.3. The fraction of sp³-hybridized carbons (Fsp3) is 0.471. The Morgan fingerprint density at radius 2 is 2.04 bits per heavy atom. The third-order valence-corrected chi connectivity index (χ3v) is 4.08. The van der Waals surface area contributed by atoms with Gasteiger partial charge in [-0.1, -0.05) is 6.07 Å². The van der Waals surface area contributed by atoms with Gasteiger partial charge in [0.25, 0.3) is 5.91 Å². The molecule has 0 atom stereocenters. The molecule has 6 heteroatoms. The Morgan fingerprint density at radius 3 is 2.65 bits per heavy atom. The van der Waals surface area contributed by atoms with Crippen LogP contribution < -0.4 is 4.74 Å². The quantitative estimate of drug-likeness (QED) is 0.871.